The number of carboxylic acid groups (broad SMARTS) is 1. The molecular weight excluding hydrogens is 303 g/mol. The number of carbonyl (C=O) groups is 1. The van der Waals surface area contributed by atoms with Gasteiger partial charge in [-0.15, -0.1) is 0 Å². The second kappa shape index (κ2) is 3.67. The van der Waals surface area contributed by atoms with E-state index in [1.807, 2.05) is 13.8 Å². The van der Waals surface area contributed by atoms with Crippen LogP contribution in [0.2, 0.25) is 0 Å². The summed E-state index contributed by atoms with van der Waals surface area (Å²) in [5.74, 6) is -1.43. The summed E-state index contributed by atoms with van der Waals surface area (Å²) in [5, 5.41) is 10.4. The van der Waals surface area contributed by atoms with Gasteiger partial charge in [-0.25, -0.2) is 0 Å². The molecule has 1 aliphatic rings. The maximum Gasteiger partial charge on any atom is 1.00 e. The van der Waals surface area contributed by atoms with Gasteiger partial charge in [-0.1, -0.05) is 45.7 Å². The Bertz CT molecular complexity index is 177. The predicted molar refractivity (Wildman–Crippen MR) is 42.9 cm³/mol. The third-order valence-electron chi connectivity index (χ3n) is 2.10. The first kappa shape index (κ1) is 13.1. The average molecular weight is 310 g/mol. The van der Waals surface area contributed by atoms with Crippen LogP contribution in [0.4, 0.5) is 0 Å². The Kier molecular flexibility index (Phi) is 4.36. The minimum atomic E-state index is -1.00. The number of aliphatic carboxylic acids is 1. The zero-order valence-corrected chi connectivity index (χ0v) is 12.9. The van der Waals surface area contributed by atoms with Gasteiger partial charge in [-0.3, -0.25) is 0 Å². The van der Waals surface area contributed by atoms with E-state index in [4.69, 9.17) is 0 Å². The van der Waals surface area contributed by atoms with E-state index < -0.39 is 15.1 Å². The van der Waals surface area contributed by atoms with Crippen molar-refractivity contribution in [3.8, 4) is 0 Å². The summed E-state index contributed by atoms with van der Waals surface area (Å²) in [5.41, 5.74) is -0.244. The van der Waals surface area contributed by atoms with Crippen LogP contribution in [0.15, 0.2) is 0 Å². The van der Waals surface area contributed by atoms with Gasteiger partial charge in [-0.05, 0) is 0 Å². The fraction of sp³-hybridized carbons (Fsp3) is 0.833. The summed E-state index contributed by atoms with van der Waals surface area (Å²) in [6.07, 6.45) is 0. The van der Waals surface area contributed by atoms with E-state index in [9.17, 15) is 9.90 Å². The second-order valence-electron chi connectivity index (χ2n) is 3.10. The summed E-state index contributed by atoms with van der Waals surface area (Å²) < 4.78 is -0.453. The predicted octanol–water partition coefficient (Wildman–Crippen LogP) is -2.12. The molecule has 0 aromatic rings. The molecule has 0 aliphatic heterocycles. The van der Waals surface area contributed by atoms with Gasteiger partial charge in [0.1, 0.15) is 0 Å². The molecular formula is C6H7Br2KO2. The zero-order valence-electron chi connectivity index (χ0n) is 6.65. The molecule has 1 rings (SSSR count). The molecule has 2 nitrogen and oxygen atoms in total. The first-order valence-corrected chi connectivity index (χ1v) is 4.49. The quantitative estimate of drug-likeness (QED) is 0.411. The van der Waals surface area contributed by atoms with Crippen LogP contribution in [-0.4, -0.2) is 9.20 Å². The Balaban J connectivity index is 0.000001000. The Morgan fingerprint density at radius 2 is 1.73 bits per heavy atom. The van der Waals surface area contributed by atoms with Gasteiger partial charge in [0.05, 0.1) is 3.23 Å². The topological polar surface area (TPSA) is 40.1 Å². The van der Waals surface area contributed by atoms with Crippen LogP contribution in [0.25, 0.3) is 0 Å². The molecule has 0 aromatic heterocycles. The molecule has 11 heavy (non-hydrogen) atoms. The van der Waals surface area contributed by atoms with Crippen LogP contribution < -0.4 is 56.5 Å². The molecule has 0 bridgehead atoms. The molecule has 1 unspecified atom stereocenters. The van der Waals surface area contributed by atoms with Crippen LogP contribution in [0.5, 0.6) is 0 Å². The molecule has 0 spiro atoms. The van der Waals surface area contributed by atoms with Crippen LogP contribution in [0, 0.1) is 11.3 Å². The van der Waals surface area contributed by atoms with Gasteiger partial charge in [0, 0.05) is 17.3 Å². The molecule has 0 saturated heterocycles. The molecule has 1 fully saturated rings. The molecule has 1 aliphatic carbocycles. The average Bonchev–Trinajstić information content (AvgIpc) is 1.97. The van der Waals surface area contributed by atoms with Gasteiger partial charge in [0.25, 0.3) is 0 Å². The second-order valence-corrected chi connectivity index (χ2v) is 6.66. The molecule has 1 saturated carbocycles. The van der Waals surface area contributed by atoms with Crippen molar-refractivity contribution in [3.63, 3.8) is 0 Å². The number of rotatable bonds is 1. The van der Waals surface area contributed by atoms with E-state index in [2.05, 4.69) is 31.9 Å². The molecule has 0 aromatic carbocycles. The maximum absolute atomic E-state index is 10.4. The fourth-order valence-electron chi connectivity index (χ4n) is 1.10. The summed E-state index contributed by atoms with van der Waals surface area (Å²) >= 11 is 6.54. The van der Waals surface area contributed by atoms with Crippen LogP contribution >= 0.6 is 31.9 Å². The van der Waals surface area contributed by atoms with Crippen molar-refractivity contribution in [2.24, 2.45) is 11.3 Å². The number of halogens is 2. The molecule has 1 atom stereocenters. The van der Waals surface area contributed by atoms with E-state index in [0.29, 0.717) is 0 Å². The van der Waals surface area contributed by atoms with Crippen molar-refractivity contribution in [1.82, 2.24) is 0 Å². The van der Waals surface area contributed by atoms with E-state index in [-0.39, 0.29) is 56.8 Å². The van der Waals surface area contributed by atoms with Gasteiger partial charge >= 0.3 is 51.4 Å². The first-order valence-electron chi connectivity index (χ1n) is 2.90. The van der Waals surface area contributed by atoms with Crippen LogP contribution in [0.3, 0.4) is 0 Å². The van der Waals surface area contributed by atoms with Crippen LogP contribution in [-0.2, 0) is 4.79 Å². The van der Waals surface area contributed by atoms with E-state index in [1.54, 1.807) is 0 Å². The molecule has 58 valence electrons. The minimum Gasteiger partial charge on any atom is -0.550 e. The Morgan fingerprint density at radius 3 is 1.73 bits per heavy atom. The maximum atomic E-state index is 10.4. The Hall–Kier alpha value is 2.07. The SMILES string of the molecule is CC1(C)C(C(=O)[O-])C1(Br)Br.[K+]. The number of alkyl halides is 2. The van der Waals surface area contributed by atoms with Crippen molar-refractivity contribution >= 4 is 37.8 Å². The normalized spacial score (nSPS) is 30.4. The standard InChI is InChI=1S/C6H8Br2O2.K/c1-5(2)3(4(9)10)6(5,7)8;/h3H,1-2H3,(H,9,10);/q;+1/p-1. The number of carbonyl (C=O) groups excluding carboxylic acids is 1. The van der Waals surface area contributed by atoms with Gasteiger partial charge in [0.2, 0.25) is 0 Å². The van der Waals surface area contributed by atoms with Gasteiger partial charge in [0.15, 0.2) is 0 Å². The van der Waals surface area contributed by atoms with Crippen molar-refractivity contribution in [2.75, 3.05) is 0 Å². The summed E-state index contributed by atoms with van der Waals surface area (Å²) in [7, 11) is 0. The zero-order chi connectivity index (χ0) is 8.15. The minimum absolute atomic E-state index is 0. The van der Waals surface area contributed by atoms with Crippen molar-refractivity contribution < 1.29 is 61.3 Å². The van der Waals surface area contributed by atoms with Gasteiger partial charge < -0.3 is 9.90 Å². The molecule has 5 heteroatoms. The Labute approximate surface area is 125 Å². The van der Waals surface area contributed by atoms with E-state index in [1.165, 1.54) is 0 Å². The molecule has 0 heterocycles. The third kappa shape index (κ3) is 1.95. The Morgan fingerprint density at radius 1 is 1.45 bits per heavy atom. The fourth-order valence-corrected chi connectivity index (χ4v) is 2.85. The van der Waals surface area contributed by atoms with E-state index >= 15 is 0 Å². The summed E-state index contributed by atoms with van der Waals surface area (Å²) in [4.78, 5) is 10.4. The summed E-state index contributed by atoms with van der Waals surface area (Å²) in [6, 6.07) is 0. The van der Waals surface area contributed by atoms with Crippen molar-refractivity contribution in [3.05, 3.63) is 0 Å². The molecule has 0 amide bonds. The first-order chi connectivity index (χ1) is 4.32. The molecule has 0 N–H and O–H groups in total. The number of hydrogen-bond donors (Lipinski definition) is 0. The molecule has 0 radical (unpaired) electrons. The third-order valence-corrected chi connectivity index (χ3v) is 5.06. The largest absolute Gasteiger partial charge is 1.00 e. The van der Waals surface area contributed by atoms with Crippen LogP contribution in [0.1, 0.15) is 13.8 Å². The summed E-state index contributed by atoms with van der Waals surface area (Å²) in [6.45, 7) is 3.74. The van der Waals surface area contributed by atoms with E-state index in [0.717, 1.165) is 0 Å². The monoisotopic (exact) mass is 308 g/mol. The van der Waals surface area contributed by atoms with Crippen molar-refractivity contribution in [2.45, 2.75) is 17.1 Å². The smallest absolute Gasteiger partial charge is 0.550 e. The van der Waals surface area contributed by atoms with Crippen molar-refractivity contribution in [1.29, 1.82) is 0 Å². The number of hydrogen-bond acceptors (Lipinski definition) is 2. The number of carboxylic acids is 1. The van der Waals surface area contributed by atoms with Gasteiger partial charge in [-0.2, -0.15) is 0 Å².